The van der Waals surface area contributed by atoms with Gasteiger partial charge in [0.1, 0.15) is 5.41 Å². The molecule has 0 aromatic carbocycles. The average Bonchev–Trinajstić information content (AvgIpc) is 2.17. The lowest BCUT2D eigenvalue weighted by Gasteiger charge is -2.16. The lowest BCUT2D eigenvalue weighted by Crippen LogP contribution is -2.15. The van der Waals surface area contributed by atoms with Crippen molar-refractivity contribution in [2.24, 2.45) is 5.41 Å². The van der Waals surface area contributed by atoms with E-state index in [4.69, 9.17) is 10.5 Å². The molecule has 0 bridgehead atoms. The first-order valence-corrected chi connectivity index (χ1v) is 5.07. The summed E-state index contributed by atoms with van der Waals surface area (Å²) in [7, 11) is 0. The summed E-state index contributed by atoms with van der Waals surface area (Å²) in [6.07, 6.45) is 5.62. The normalized spacial score (nSPS) is 10.5. The SMILES string of the molecule is CCCCCC(C#N)(C#N)CCC. The minimum absolute atomic E-state index is 0.704. The molecule has 0 aliphatic heterocycles. The Morgan fingerprint density at radius 2 is 1.54 bits per heavy atom. The summed E-state index contributed by atoms with van der Waals surface area (Å²) < 4.78 is 0. The van der Waals surface area contributed by atoms with E-state index in [2.05, 4.69) is 19.1 Å². The second-order valence-corrected chi connectivity index (χ2v) is 3.51. The van der Waals surface area contributed by atoms with Crippen LogP contribution in [0.4, 0.5) is 0 Å². The van der Waals surface area contributed by atoms with E-state index in [1.54, 1.807) is 0 Å². The van der Waals surface area contributed by atoms with Crippen LogP contribution in [0, 0.1) is 28.1 Å². The molecule has 0 N–H and O–H groups in total. The largest absolute Gasteiger partial charge is 0.197 e. The molecule has 0 fully saturated rings. The summed E-state index contributed by atoms with van der Waals surface area (Å²) in [5, 5.41) is 17.9. The molecule has 0 aliphatic carbocycles. The molecule has 0 radical (unpaired) electrons. The van der Waals surface area contributed by atoms with Gasteiger partial charge in [0.05, 0.1) is 12.1 Å². The predicted molar refractivity (Wildman–Crippen MR) is 52.7 cm³/mol. The number of nitriles is 2. The summed E-state index contributed by atoms with van der Waals surface area (Å²) >= 11 is 0. The molecular weight excluding hydrogens is 160 g/mol. The monoisotopic (exact) mass is 178 g/mol. The molecule has 2 nitrogen and oxygen atoms in total. The molecule has 0 saturated carbocycles. The molecular formula is C11H18N2. The number of nitrogens with zero attached hydrogens (tertiary/aromatic N) is 2. The maximum Gasteiger partial charge on any atom is 0.143 e. The van der Waals surface area contributed by atoms with E-state index in [0.717, 1.165) is 32.1 Å². The first-order chi connectivity index (χ1) is 6.24. The van der Waals surface area contributed by atoms with E-state index < -0.39 is 5.41 Å². The van der Waals surface area contributed by atoms with Crippen molar-refractivity contribution in [3.63, 3.8) is 0 Å². The molecule has 72 valence electrons. The molecule has 13 heavy (non-hydrogen) atoms. The third-order valence-electron chi connectivity index (χ3n) is 2.31. The Bertz CT molecular complexity index is 193. The van der Waals surface area contributed by atoms with Gasteiger partial charge in [0.2, 0.25) is 0 Å². The first-order valence-electron chi connectivity index (χ1n) is 5.07. The van der Waals surface area contributed by atoms with Crippen LogP contribution in [0.25, 0.3) is 0 Å². The van der Waals surface area contributed by atoms with Gasteiger partial charge in [-0.3, -0.25) is 0 Å². The summed E-state index contributed by atoms with van der Waals surface area (Å²) in [5.74, 6) is 0. The van der Waals surface area contributed by atoms with Crippen LogP contribution in [0.15, 0.2) is 0 Å². The standard InChI is InChI=1S/C11H18N2/c1-3-5-6-8-11(9-12,10-13)7-4-2/h3-8H2,1-2H3. The van der Waals surface area contributed by atoms with Gasteiger partial charge in [-0.25, -0.2) is 0 Å². The van der Waals surface area contributed by atoms with Crippen molar-refractivity contribution in [1.29, 1.82) is 10.5 Å². The lowest BCUT2D eigenvalue weighted by atomic mass is 9.81. The highest BCUT2D eigenvalue weighted by Crippen LogP contribution is 2.28. The van der Waals surface area contributed by atoms with Gasteiger partial charge in [0.15, 0.2) is 0 Å². The molecule has 0 saturated heterocycles. The second kappa shape index (κ2) is 6.49. The summed E-state index contributed by atoms with van der Waals surface area (Å²) in [6, 6.07) is 4.33. The van der Waals surface area contributed by atoms with Gasteiger partial charge < -0.3 is 0 Å². The number of hydrogen-bond acceptors (Lipinski definition) is 2. The predicted octanol–water partition coefficient (Wildman–Crippen LogP) is 3.40. The van der Waals surface area contributed by atoms with Crippen LogP contribution in [-0.4, -0.2) is 0 Å². The Morgan fingerprint density at radius 3 is 1.92 bits per heavy atom. The minimum Gasteiger partial charge on any atom is -0.197 e. The van der Waals surface area contributed by atoms with Crippen LogP contribution in [0.3, 0.4) is 0 Å². The van der Waals surface area contributed by atoms with Crippen LogP contribution >= 0.6 is 0 Å². The van der Waals surface area contributed by atoms with Crippen LogP contribution < -0.4 is 0 Å². The summed E-state index contributed by atoms with van der Waals surface area (Å²) in [4.78, 5) is 0. The number of unbranched alkanes of at least 4 members (excludes halogenated alkanes) is 2. The molecule has 0 amide bonds. The van der Waals surface area contributed by atoms with Crippen molar-refractivity contribution < 1.29 is 0 Å². The zero-order chi connectivity index (χ0) is 10.2. The molecule has 0 aromatic heterocycles. The Morgan fingerprint density at radius 1 is 0.923 bits per heavy atom. The highest BCUT2D eigenvalue weighted by atomic mass is 14.4. The first kappa shape index (κ1) is 12.0. The molecule has 0 atom stereocenters. The second-order valence-electron chi connectivity index (χ2n) is 3.51. The Kier molecular flexibility index (Phi) is 5.98. The zero-order valence-electron chi connectivity index (χ0n) is 8.64. The van der Waals surface area contributed by atoms with E-state index in [9.17, 15) is 0 Å². The fourth-order valence-electron chi connectivity index (χ4n) is 1.48. The third-order valence-corrected chi connectivity index (χ3v) is 2.31. The highest BCUT2D eigenvalue weighted by Gasteiger charge is 2.27. The quantitative estimate of drug-likeness (QED) is 0.585. The van der Waals surface area contributed by atoms with Gasteiger partial charge in [0, 0.05) is 0 Å². The van der Waals surface area contributed by atoms with Crippen LogP contribution in [-0.2, 0) is 0 Å². The van der Waals surface area contributed by atoms with Crippen LogP contribution in [0.1, 0.15) is 52.4 Å². The van der Waals surface area contributed by atoms with Gasteiger partial charge in [0.25, 0.3) is 0 Å². The maximum absolute atomic E-state index is 8.93. The van der Waals surface area contributed by atoms with E-state index in [0.29, 0.717) is 6.42 Å². The molecule has 0 aromatic rings. The van der Waals surface area contributed by atoms with Gasteiger partial charge in [-0.15, -0.1) is 0 Å². The molecule has 0 rings (SSSR count). The van der Waals surface area contributed by atoms with E-state index in [-0.39, 0.29) is 0 Å². The van der Waals surface area contributed by atoms with Gasteiger partial charge in [-0.2, -0.15) is 10.5 Å². The van der Waals surface area contributed by atoms with Crippen molar-refractivity contribution in [3.8, 4) is 12.1 Å². The number of rotatable bonds is 6. The zero-order valence-corrected chi connectivity index (χ0v) is 8.64. The summed E-state index contributed by atoms with van der Waals surface area (Å²) in [6.45, 7) is 4.14. The number of hydrogen-bond donors (Lipinski definition) is 0. The molecule has 0 unspecified atom stereocenters. The highest BCUT2D eigenvalue weighted by molar-refractivity contribution is 5.12. The summed E-state index contributed by atoms with van der Waals surface area (Å²) in [5.41, 5.74) is -0.704. The van der Waals surface area contributed by atoms with Crippen molar-refractivity contribution in [1.82, 2.24) is 0 Å². The smallest absolute Gasteiger partial charge is 0.143 e. The molecule has 0 heterocycles. The van der Waals surface area contributed by atoms with Gasteiger partial charge in [-0.05, 0) is 12.8 Å². The van der Waals surface area contributed by atoms with Gasteiger partial charge >= 0.3 is 0 Å². The molecule has 0 spiro atoms. The fourth-order valence-corrected chi connectivity index (χ4v) is 1.48. The third kappa shape index (κ3) is 3.95. The van der Waals surface area contributed by atoms with Crippen molar-refractivity contribution in [2.75, 3.05) is 0 Å². The van der Waals surface area contributed by atoms with E-state index >= 15 is 0 Å². The average molecular weight is 178 g/mol. The Balaban J connectivity index is 4.10. The van der Waals surface area contributed by atoms with E-state index in [1.165, 1.54) is 0 Å². The minimum atomic E-state index is -0.704. The molecule has 2 heteroatoms. The van der Waals surface area contributed by atoms with Crippen LogP contribution in [0.5, 0.6) is 0 Å². The fraction of sp³-hybridized carbons (Fsp3) is 0.818. The lowest BCUT2D eigenvalue weighted by molar-refractivity contribution is 0.412. The van der Waals surface area contributed by atoms with Gasteiger partial charge in [-0.1, -0.05) is 39.5 Å². The Labute approximate surface area is 81.2 Å². The van der Waals surface area contributed by atoms with Crippen molar-refractivity contribution in [2.45, 2.75) is 52.4 Å². The van der Waals surface area contributed by atoms with Crippen molar-refractivity contribution in [3.05, 3.63) is 0 Å². The molecule has 0 aliphatic rings. The maximum atomic E-state index is 8.93. The van der Waals surface area contributed by atoms with E-state index in [1.807, 2.05) is 6.92 Å². The van der Waals surface area contributed by atoms with Crippen molar-refractivity contribution >= 4 is 0 Å². The Hall–Kier alpha value is -1.02. The van der Waals surface area contributed by atoms with Crippen LogP contribution in [0.2, 0.25) is 0 Å². The topological polar surface area (TPSA) is 47.6 Å².